The molecule has 24 heavy (non-hydrogen) atoms. The molecule has 4 aliphatic rings. The van der Waals surface area contributed by atoms with E-state index in [9.17, 15) is 15.0 Å². The van der Waals surface area contributed by atoms with Crippen molar-refractivity contribution in [3.05, 3.63) is 0 Å². The number of rotatable bonds is 1. The maximum absolute atomic E-state index is 12.2. The number of hydrogen-bond donors (Lipinski definition) is 2. The number of Topliss-reactive ketones (excluding diaryl/α,β-unsaturated/α-hetero) is 1. The summed E-state index contributed by atoms with van der Waals surface area (Å²) in [4.78, 5) is 12.2. The largest absolute Gasteiger partial charge is 0.393 e. The number of carbonyl (C=O) groups is 1. The van der Waals surface area contributed by atoms with Gasteiger partial charge in [0, 0.05) is 5.92 Å². The summed E-state index contributed by atoms with van der Waals surface area (Å²) in [6, 6.07) is 0. The summed E-state index contributed by atoms with van der Waals surface area (Å²) in [5.74, 6) is 2.58. The molecular formula is C21H34O3. The summed E-state index contributed by atoms with van der Waals surface area (Å²) in [5, 5.41) is 21.3. The van der Waals surface area contributed by atoms with Gasteiger partial charge < -0.3 is 10.2 Å². The van der Waals surface area contributed by atoms with Crippen molar-refractivity contribution in [3.63, 3.8) is 0 Å². The molecule has 4 fully saturated rings. The van der Waals surface area contributed by atoms with Gasteiger partial charge in [0.15, 0.2) is 0 Å². The lowest BCUT2D eigenvalue weighted by Gasteiger charge is -2.62. The molecule has 0 aliphatic heterocycles. The van der Waals surface area contributed by atoms with Crippen molar-refractivity contribution in [2.45, 2.75) is 84.3 Å². The van der Waals surface area contributed by atoms with Gasteiger partial charge in [0.25, 0.3) is 0 Å². The summed E-state index contributed by atoms with van der Waals surface area (Å²) in [5.41, 5.74) is 0.182. The van der Waals surface area contributed by atoms with Crippen LogP contribution in [0.25, 0.3) is 0 Å². The molecule has 0 radical (unpaired) electrons. The van der Waals surface area contributed by atoms with Crippen molar-refractivity contribution >= 4 is 5.78 Å². The maximum Gasteiger partial charge on any atom is 0.133 e. The number of aliphatic hydroxyl groups is 2. The Hall–Kier alpha value is -0.410. The highest BCUT2D eigenvalue weighted by Crippen LogP contribution is 2.67. The molecule has 3 nitrogen and oxygen atoms in total. The molecule has 136 valence electrons. The van der Waals surface area contributed by atoms with Gasteiger partial charge in [-0.05, 0) is 92.8 Å². The van der Waals surface area contributed by atoms with Crippen molar-refractivity contribution in [1.29, 1.82) is 0 Å². The molecule has 3 unspecified atom stereocenters. The number of fused-ring (bicyclic) bond motifs is 5. The molecule has 4 saturated carbocycles. The highest BCUT2D eigenvalue weighted by Gasteiger charge is 2.63. The van der Waals surface area contributed by atoms with Gasteiger partial charge >= 0.3 is 0 Å². The quantitative estimate of drug-likeness (QED) is 0.771. The third-order valence-corrected chi connectivity index (χ3v) is 9.06. The van der Waals surface area contributed by atoms with E-state index in [0.29, 0.717) is 29.5 Å². The lowest BCUT2D eigenvalue weighted by molar-refractivity contribution is -0.178. The van der Waals surface area contributed by atoms with Crippen LogP contribution in [0, 0.1) is 40.4 Å². The molecule has 0 aromatic heterocycles. The van der Waals surface area contributed by atoms with Crippen LogP contribution in [0.3, 0.4) is 0 Å². The molecule has 2 N–H and O–H groups in total. The van der Waals surface area contributed by atoms with Crippen LogP contribution in [-0.4, -0.2) is 28.2 Å². The maximum atomic E-state index is 12.2. The second kappa shape index (κ2) is 5.54. The molecule has 0 saturated heterocycles. The van der Waals surface area contributed by atoms with E-state index >= 15 is 0 Å². The molecule has 3 heteroatoms. The van der Waals surface area contributed by atoms with E-state index in [1.165, 1.54) is 12.8 Å². The predicted octanol–water partition coefficient (Wildman–Crippen LogP) is 3.57. The lowest BCUT2D eigenvalue weighted by atomic mass is 9.44. The number of hydrogen-bond acceptors (Lipinski definition) is 3. The van der Waals surface area contributed by atoms with Crippen LogP contribution < -0.4 is 0 Å². The molecule has 0 heterocycles. The van der Waals surface area contributed by atoms with E-state index in [2.05, 4.69) is 13.8 Å². The van der Waals surface area contributed by atoms with Gasteiger partial charge in [0.1, 0.15) is 5.78 Å². The standard InChI is InChI=1S/C21H34O3/c1-12(22)16-6-7-17-15-5-4-13-10-14(23)8-9-20(13,2)19(15)18(24)11-21(16,17)3/h13-19,23-24H,4-11H2,1-3H3/t13?,14-,15+,16?,17+,18?,19-,20+,21-/m1/s1. The van der Waals surface area contributed by atoms with E-state index in [0.717, 1.165) is 38.5 Å². The third-order valence-electron chi connectivity index (χ3n) is 9.06. The fourth-order valence-corrected chi connectivity index (χ4v) is 8.03. The molecule has 0 aromatic carbocycles. The molecule has 0 bridgehead atoms. The highest BCUT2D eigenvalue weighted by molar-refractivity contribution is 5.79. The first-order valence-electron chi connectivity index (χ1n) is 10.1. The first-order valence-corrected chi connectivity index (χ1v) is 10.1. The average Bonchev–Trinajstić information content (AvgIpc) is 2.84. The minimum absolute atomic E-state index is 0.00376. The Morgan fingerprint density at radius 1 is 1.00 bits per heavy atom. The first kappa shape index (κ1) is 17.0. The van der Waals surface area contributed by atoms with Gasteiger partial charge in [-0.2, -0.15) is 0 Å². The van der Waals surface area contributed by atoms with Crippen molar-refractivity contribution in [2.24, 2.45) is 40.4 Å². The SMILES string of the molecule is CC(=O)C1CC[C@H]2[C@@H]3CCC4C[C@H](O)CC[C@]4(C)[C@H]3C(O)C[C@]12C. The zero-order chi connectivity index (χ0) is 17.3. The Bertz CT molecular complexity index is 531. The van der Waals surface area contributed by atoms with Crippen LogP contribution in [0.5, 0.6) is 0 Å². The normalized spacial score (nSPS) is 57.0. The molecule has 0 spiro atoms. The Balaban J connectivity index is 1.67. The Labute approximate surface area is 146 Å². The Morgan fingerprint density at radius 2 is 1.75 bits per heavy atom. The van der Waals surface area contributed by atoms with Crippen molar-refractivity contribution < 1.29 is 15.0 Å². The first-order chi connectivity index (χ1) is 11.3. The van der Waals surface area contributed by atoms with Crippen LogP contribution in [0.1, 0.15) is 72.1 Å². The van der Waals surface area contributed by atoms with E-state index in [4.69, 9.17) is 0 Å². The minimum Gasteiger partial charge on any atom is -0.393 e. The molecule has 4 aliphatic carbocycles. The summed E-state index contributed by atoms with van der Waals surface area (Å²) in [7, 11) is 0. The predicted molar refractivity (Wildman–Crippen MR) is 93.3 cm³/mol. The van der Waals surface area contributed by atoms with Gasteiger partial charge in [0.2, 0.25) is 0 Å². The number of aliphatic hydroxyl groups excluding tert-OH is 2. The van der Waals surface area contributed by atoms with Crippen LogP contribution in [0.4, 0.5) is 0 Å². The molecule has 4 rings (SSSR count). The van der Waals surface area contributed by atoms with Gasteiger partial charge in [-0.3, -0.25) is 4.79 Å². The van der Waals surface area contributed by atoms with Crippen LogP contribution in [0.15, 0.2) is 0 Å². The summed E-state index contributed by atoms with van der Waals surface area (Å²) in [6.45, 7) is 6.43. The van der Waals surface area contributed by atoms with Crippen LogP contribution in [0.2, 0.25) is 0 Å². The van der Waals surface area contributed by atoms with Gasteiger partial charge in [0.05, 0.1) is 12.2 Å². The van der Waals surface area contributed by atoms with E-state index in [1.54, 1.807) is 6.92 Å². The Morgan fingerprint density at radius 3 is 2.46 bits per heavy atom. The second-order valence-corrected chi connectivity index (χ2v) is 10.0. The zero-order valence-electron chi connectivity index (χ0n) is 15.5. The fourth-order valence-electron chi connectivity index (χ4n) is 8.03. The van der Waals surface area contributed by atoms with Crippen molar-refractivity contribution in [1.82, 2.24) is 0 Å². The van der Waals surface area contributed by atoms with Crippen LogP contribution in [-0.2, 0) is 4.79 Å². The topological polar surface area (TPSA) is 57.5 Å². The lowest BCUT2D eigenvalue weighted by Crippen LogP contribution is -2.59. The Kier molecular flexibility index (Phi) is 3.93. The number of carbonyl (C=O) groups excluding carboxylic acids is 1. The van der Waals surface area contributed by atoms with Crippen LogP contribution >= 0.6 is 0 Å². The average molecular weight is 335 g/mol. The minimum atomic E-state index is -0.278. The fraction of sp³-hybridized carbons (Fsp3) is 0.952. The molecule has 9 atom stereocenters. The monoisotopic (exact) mass is 334 g/mol. The highest BCUT2D eigenvalue weighted by atomic mass is 16.3. The van der Waals surface area contributed by atoms with Gasteiger partial charge in [-0.25, -0.2) is 0 Å². The molecule has 0 amide bonds. The van der Waals surface area contributed by atoms with Gasteiger partial charge in [-0.1, -0.05) is 13.8 Å². The molecule has 0 aromatic rings. The van der Waals surface area contributed by atoms with Gasteiger partial charge in [-0.15, -0.1) is 0 Å². The zero-order valence-corrected chi connectivity index (χ0v) is 15.5. The summed E-state index contributed by atoms with van der Waals surface area (Å²) in [6.07, 6.45) is 7.80. The molecular weight excluding hydrogens is 300 g/mol. The smallest absolute Gasteiger partial charge is 0.133 e. The number of ketones is 1. The van der Waals surface area contributed by atoms with Crippen molar-refractivity contribution in [2.75, 3.05) is 0 Å². The van der Waals surface area contributed by atoms with E-state index in [1.807, 2.05) is 0 Å². The second-order valence-electron chi connectivity index (χ2n) is 10.0. The summed E-state index contributed by atoms with van der Waals surface area (Å²) < 4.78 is 0. The van der Waals surface area contributed by atoms with E-state index < -0.39 is 0 Å². The third kappa shape index (κ3) is 2.19. The summed E-state index contributed by atoms with van der Waals surface area (Å²) >= 11 is 0. The van der Waals surface area contributed by atoms with Crippen molar-refractivity contribution in [3.8, 4) is 0 Å². The van der Waals surface area contributed by atoms with E-state index in [-0.39, 0.29) is 29.0 Å².